The van der Waals surface area contributed by atoms with Crippen molar-refractivity contribution in [1.82, 2.24) is 10.2 Å². The lowest BCUT2D eigenvalue weighted by molar-refractivity contribution is 0.101. The molecule has 2 fully saturated rings. The van der Waals surface area contributed by atoms with Crippen molar-refractivity contribution in [2.75, 3.05) is 26.7 Å². The number of likely N-dealkylation sites (N-methyl/N-ethyl adjacent to an activating group) is 1. The van der Waals surface area contributed by atoms with E-state index < -0.39 is 0 Å². The van der Waals surface area contributed by atoms with Crippen molar-refractivity contribution in [3.63, 3.8) is 0 Å². The normalized spacial score (nSPS) is 34.7. The van der Waals surface area contributed by atoms with Gasteiger partial charge in [-0.15, -0.1) is 0 Å². The van der Waals surface area contributed by atoms with Crippen molar-refractivity contribution in [1.29, 1.82) is 0 Å². The maximum atomic E-state index is 9.45. The number of nitrogens with one attached hydrogen (secondary N) is 1. The Hall–Kier alpha value is -0.120. The Morgan fingerprint density at radius 1 is 1.31 bits per heavy atom. The minimum atomic E-state index is -0.133. The quantitative estimate of drug-likeness (QED) is 0.756. The highest BCUT2D eigenvalue weighted by atomic mass is 16.3. The second-order valence-corrected chi connectivity index (χ2v) is 5.84. The summed E-state index contributed by atoms with van der Waals surface area (Å²) in [5.74, 6) is 0.938. The van der Waals surface area contributed by atoms with Crippen LogP contribution in [0.2, 0.25) is 0 Å². The number of fused-ring (bicyclic) bond motifs is 1. The van der Waals surface area contributed by atoms with Crippen molar-refractivity contribution in [2.45, 2.75) is 50.6 Å². The van der Waals surface area contributed by atoms with Crippen molar-refractivity contribution in [3.05, 3.63) is 0 Å². The molecule has 3 heteroatoms. The lowest BCUT2D eigenvalue weighted by Gasteiger charge is -2.37. The molecule has 0 spiro atoms. The predicted molar refractivity (Wildman–Crippen MR) is 66.5 cm³/mol. The summed E-state index contributed by atoms with van der Waals surface area (Å²) >= 11 is 0. The average molecular weight is 226 g/mol. The molecule has 1 aliphatic heterocycles. The predicted octanol–water partition coefficient (Wildman–Crippen LogP) is 1.22. The van der Waals surface area contributed by atoms with Crippen molar-refractivity contribution >= 4 is 0 Å². The molecule has 3 nitrogen and oxygen atoms in total. The molecule has 3 unspecified atom stereocenters. The second kappa shape index (κ2) is 5.03. The number of aliphatic hydroxyl groups excluding tert-OH is 1. The molecule has 1 saturated heterocycles. The summed E-state index contributed by atoms with van der Waals surface area (Å²) in [6.45, 7) is 4.55. The zero-order chi connectivity index (χ0) is 11.6. The van der Waals surface area contributed by atoms with E-state index >= 15 is 0 Å². The number of hydrogen-bond donors (Lipinski definition) is 2. The average Bonchev–Trinajstić information content (AvgIpc) is 2.73. The Labute approximate surface area is 99.2 Å². The summed E-state index contributed by atoms with van der Waals surface area (Å²) in [7, 11) is 1.95. The van der Waals surface area contributed by atoms with Crippen LogP contribution in [0.4, 0.5) is 0 Å². The second-order valence-electron chi connectivity index (χ2n) is 5.84. The van der Waals surface area contributed by atoms with Crippen LogP contribution in [0.5, 0.6) is 0 Å². The maximum absolute atomic E-state index is 9.45. The lowest BCUT2D eigenvalue weighted by atomic mass is 9.85. The largest absolute Gasteiger partial charge is 0.394 e. The van der Waals surface area contributed by atoms with E-state index in [1.54, 1.807) is 0 Å². The third-order valence-electron chi connectivity index (χ3n) is 4.63. The molecule has 94 valence electrons. The van der Waals surface area contributed by atoms with E-state index in [0.29, 0.717) is 0 Å². The Morgan fingerprint density at radius 3 is 2.75 bits per heavy atom. The lowest BCUT2D eigenvalue weighted by Crippen LogP contribution is -2.54. The summed E-state index contributed by atoms with van der Waals surface area (Å²) < 4.78 is 0. The van der Waals surface area contributed by atoms with Crippen molar-refractivity contribution in [3.8, 4) is 0 Å². The SMILES string of the molecule is CNC(C)(CO)CN1CCC2CCCCC21. The van der Waals surface area contributed by atoms with E-state index in [1.165, 1.54) is 38.6 Å². The highest BCUT2D eigenvalue weighted by molar-refractivity contribution is 4.94. The maximum Gasteiger partial charge on any atom is 0.0623 e. The molecule has 1 heterocycles. The molecule has 16 heavy (non-hydrogen) atoms. The molecule has 2 N–H and O–H groups in total. The summed E-state index contributed by atoms with van der Waals surface area (Å²) in [4.78, 5) is 2.61. The molecular formula is C13H26N2O. The van der Waals surface area contributed by atoms with E-state index in [2.05, 4.69) is 17.1 Å². The van der Waals surface area contributed by atoms with Gasteiger partial charge < -0.3 is 10.4 Å². The number of aliphatic hydroxyl groups is 1. The van der Waals surface area contributed by atoms with Crippen LogP contribution in [0, 0.1) is 5.92 Å². The van der Waals surface area contributed by atoms with Crippen LogP contribution in [-0.4, -0.2) is 48.3 Å². The molecule has 0 bridgehead atoms. The van der Waals surface area contributed by atoms with E-state index in [1.807, 2.05) is 7.05 Å². The molecule has 0 aromatic rings. The zero-order valence-corrected chi connectivity index (χ0v) is 10.7. The Balaban J connectivity index is 1.95. The van der Waals surface area contributed by atoms with Gasteiger partial charge in [0.15, 0.2) is 0 Å². The summed E-state index contributed by atoms with van der Waals surface area (Å²) in [5, 5.41) is 12.7. The third kappa shape index (κ3) is 2.41. The van der Waals surface area contributed by atoms with E-state index in [0.717, 1.165) is 18.5 Å². The van der Waals surface area contributed by atoms with Gasteiger partial charge in [0.05, 0.1) is 12.1 Å². The number of likely N-dealkylation sites (tertiary alicyclic amines) is 1. The summed E-state index contributed by atoms with van der Waals surface area (Å²) in [6, 6.07) is 0.799. The van der Waals surface area contributed by atoms with Crippen LogP contribution >= 0.6 is 0 Å². The van der Waals surface area contributed by atoms with Gasteiger partial charge in [-0.3, -0.25) is 4.90 Å². The Morgan fingerprint density at radius 2 is 2.06 bits per heavy atom. The molecule has 2 rings (SSSR count). The van der Waals surface area contributed by atoms with Crippen LogP contribution in [0.1, 0.15) is 39.0 Å². The van der Waals surface area contributed by atoms with Gasteiger partial charge in [-0.2, -0.15) is 0 Å². The minimum Gasteiger partial charge on any atom is -0.394 e. The fourth-order valence-corrected chi connectivity index (χ4v) is 3.36. The molecule has 1 saturated carbocycles. The van der Waals surface area contributed by atoms with Gasteiger partial charge in [0.2, 0.25) is 0 Å². The van der Waals surface area contributed by atoms with Gasteiger partial charge in [0.25, 0.3) is 0 Å². The number of hydrogen-bond acceptors (Lipinski definition) is 3. The highest BCUT2D eigenvalue weighted by Crippen LogP contribution is 2.36. The zero-order valence-electron chi connectivity index (χ0n) is 10.7. The van der Waals surface area contributed by atoms with Gasteiger partial charge in [-0.05, 0) is 45.7 Å². The highest BCUT2D eigenvalue weighted by Gasteiger charge is 2.38. The van der Waals surface area contributed by atoms with Crippen LogP contribution in [0.3, 0.4) is 0 Å². The fourth-order valence-electron chi connectivity index (χ4n) is 3.36. The van der Waals surface area contributed by atoms with Gasteiger partial charge in [-0.1, -0.05) is 12.8 Å². The third-order valence-corrected chi connectivity index (χ3v) is 4.63. The van der Waals surface area contributed by atoms with E-state index in [4.69, 9.17) is 0 Å². The molecular weight excluding hydrogens is 200 g/mol. The van der Waals surface area contributed by atoms with Crippen molar-refractivity contribution < 1.29 is 5.11 Å². The van der Waals surface area contributed by atoms with E-state index in [-0.39, 0.29) is 12.1 Å². The van der Waals surface area contributed by atoms with Crippen LogP contribution in [0.25, 0.3) is 0 Å². The standard InChI is InChI=1S/C13H26N2O/c1-13(10-16,14-2)9-15-8-7-11-5-3-4-6-12(11)15/h11-12,14,16H,3-10H2,1-2H3. The first-order valence-electron chi connectivity index (χ1n) is 6.72. The molecule has 3 atom stereocenters. The van der Waals surface area contributed by atoms with Gasteiger partial charge in [0.1, 0.15) is 0 Å². The molecule has 0 amide bonds. The van der Waals surface area contributed by atoms with Gasteiger partial charge in [0, 0.05) is 12.6 Å². The molecule has 0 radical (unpaired) electrons. The number of rotatable bonds is 4. The molecule has 0 aromatic heterocycles. The first kappa shape index (κ1) is 12.3. The monoisotopic (exact) mass is 226 g/mol. The van der Waals surface area contributed by atoms with E-state index in [9.17, 15) is 5.11 Å². The van der Waals surface area contributed by atoms with Gasteiger partial charge >= 0.3 is 0 Å². The molecule has 0 aromatic carbocycles. The first-order chi connectivity index (χ1) is 7.68. The fraction of sp³-hybridized carbons (Fsp3) is 1.00. The van der Waals surface area contributed by atoms with Crippen LogP contribution in [-0.2, 0) is 0 Å². The van der Waals surface area contributed by atoms with Crippen LogP contribution in [0.15, 0.2) is 0 Å². The summed E-state index contributed by atoms with van der Waals surface area (Å²) in [5.41, 5.74) is -0.133. The first-order valence-corrected chi connectivity index (χ1v) is 6.72. The Kier molecular flexibility index (Phi) is 3.88. The molecule has 2 aliphatic rings. The van der Waals surface area contributed by atoms with Crippen LogP contribution < -0.4 is 5.32 Å². The minimum absolute atomic E-state index is 0.133. The number of nitrogens with zero attached hydrogens (tertiary/aromatic N) is 1. The van der Waals surface area contributed by atoms with Gasteiger partial charge in [-0.25, -0.2) is 0 Å². The topological polar surface area (TPSA) is 35.5 Å². The van der Waals surface area contributed by atoms with Crippen molar-refractivity contribution in [2.24, 2.45) is 5.92 Å². The molecule has 1 aliphatic carbocycles. The Bertz CT molecular complexity index is 228. The summed E-state index contributed by atoms with van der Waals surface area (Å²) in [6.07, 6.45) is 6.99. The smallest absolute Gasteiger partial charge is 0.0623 e.